The number of hydrogen-bond donors (Lipinski definition) is 9. The van der Waals surface area contributed by atoms with Crippen molar-refractivity contribution < 1.29 is 64.1 Å². The number of aromatic nitrogens is 6. The van der Waals surface area contributed by atoms with Gasteiger partial charge in [0.25, 0.3) is 29.5 Å². The molecule has 28 heteroatoms. The number of nitrogens with two attached hydrogens (primary N) is 2. The number of aliphatic hydroxyl groups excluding tert-OH is 3. The first-order chi connectivity index (χ1) is 50.7. The molecule has 6 aliphatic heterocycles. The van der Waals surface area contributed by atoms with Crippen LogP contribution in [0.2, 0.25) is 0 Å². The third-order valence-corrected chi connectivity index (χ3v) is 20.1. The molecule has 3 aromatic heterocycles. The molecule has 6 atom stereocenters. The number of hydrogen-bond acceptors (Lipinski definition) is 20. The Kier molecular flexibility index (Phi) is 22.0. The number of rotatable bonds is 12. The van der Waals surface area contributed by atoms with E-state index in [1.807, 2.05) is 78.9 Å². The van der Waals surface area contributed by atoms with Crippen LogP contribution in [0.5, 0.6) is 0 Å². The molecule has 9 heterocycles. The number of fused-ring (bicyclic) bond motifs is 3. The number of aliphatic hydroxyl groups is 6. The van der Waals surface area contributed by atoms with Crippen LogP contribution in [0.15, 0.2) is 127 Å². The third kappa shape index (κ3) is 16.2. The molecule has 1 unspecified atom stereocenters. The SMILES string of the molecule is CN1CC[C@@](O)(C#Cc2cccc(-n3nc(C(N)=O)c4cc(CN5CC[C@@H](O)C5)ccc43)c2)C1=O.CN1CC[C@@](O)(C#Cc2cccc(-n3nc(C(N)=O)c4cc(CN5CC[C@H](O)C5)ccc43)c2)C1=O.COC(=O)c1nn(-c2cccc(C#C[C@]3(O)CCN(C)C3=O)c2)c2ccc(CN3CCC(O)C3)cc12.N. The molecule has 0 spiro atoms. The minimum absolute atomic E-state index is 0. The van der Waals surface area contributed by atoms with Gasteiger partial charge in [-0.05, 0) is 127 Å². The van der Waals surface area contributed by atoms with Crippen molar-refractivity contribution in [2.75, 3.05) is 87.2 Å². The maximum absolute atomic E-state index is 12.6. The number of likely N-dealkylation sites (N-methyl/N-ethyl adjacent to an activating group) is 3. The lowest BCUT2D eigenvalue weighted by atomic mass is 10.0. The van der Waals surface area contributed by atoms with Crippen LogP contribution in [0, 0.1) is 35.5 Å². The van der Waals surface area contributed by atoms with E-state index in [-0.39, 0.29) is 60.8 Å². The summed E-state index contributed by atoms with van der Waals surface area (Å²) >= 11 is 0. The summed E-state index contributed by atoms with van der Waals surface area (Å²) < 4.78 is 9.94. The highest BCUT2D eigenvalue weighted by atomic mass is 16.5. The van der Waals surface area contributed by atoms with Gasteiger partial charge in [0, 0.05) is 152 Å². The molecule has 107 heavy (non-hydrogen) atoms. The van der Waals surface area contributed by atoms with E-state index in [1.54, 1.807) is 83.7 Å². The number of β-amino-alcohol motifs (C(OH)–C–C–N with tert-alkyl or cyclic N) is 3. The monoisotopic (exact) mass is 1450 g/mol. The van der Waals surface area contributed by atoms with Gasteiger partial charge in [0.05, 0.1) is 59.0 Å². The first-order valence-corrected chi connectivity index (χ1v) is 35.0. The lowest BCUT2D eigenvalue weighted by molar-refractivity contribution is -0.138. The topological polar surface area (TPSA) is 393 Å². The van der Waals surface area contributed by atoms with Gasteiger partial charge in [0.15, 0.2) is 17.1 Å². The summed E-state index contributed by atoms with van der Waals surface area (Å²) in [5, 5.41) is 76.7. The van der Waals surface area contributed by atoms with Crippen LogP contribution in [-0.4, -0.2) is 247 Å². The van der Waals surface area contributed by atoms with Crippen molar-refractivity contribution in [3.63, 3.8) is 0 Å². The zero-order valence-corrected chi connectivity index (χ0v) is 59.9. The molecular weight excluding hydrogens is 1370 g/mol. The van der Waals surface area contributed by atoms with Gasteiger partial charge in [-0.15, -0.1) is 0 Å². The average molecular weight is 1450 g/mol. The number of carbonyl (C=O) groups excluding carboxylic acids is 6. The van der Waals surface area contributed by atoms with E-state index in [0.29, 0.717) is 109 Å². The van der Waals surface area contributed by atoms with Crippen LogP contribution in [0.25, 0.3) is 49.8 Å². The third-order valence-electron chi connectivity index (χ3n) is 20.1. The van der Waals surface area contributed by atoms with Gasteiger partial charge < -0.3 is 67.7 Å². The van der Waals surface area contributed by atoms with Crippen molar-refractivity contribution in [3.05, 3.63) is 178 Å². The second-order valence-electron chi connectivity index (χ2n) is 28.0. The van der Waals surface area contributed by atoms with Gasteiger partial charge in [-0.3, -0.25) is 38.7 Å². The molecule has 5 amide bonds. The molecule has 6 fully saturated rings. The van der Waals surface area contributed by atoms with Gasteiger partial charge in [-0.25, -0.2) is 18.8 Å². The number of benzene rings is 6. The van der Waals surface area contributed by atoms with E-state index < -0.39 is 52.3 Å². The van der Waals surface area contributed by atoms with Crippen LogP contribution >= 0.6 is 0 Å². The van der Waals surface area contributed by atoms with Crippen molar-refractivity contribution in [1.29, 1.82) is 0 Å². The van der Waals surface area contributed by atoms with Gasteiger partial charge >= 0.3 is 5.97 Å². The van der Waals surface area contributed by atoms with Crippen molar-refractivity contribution >= 4 is 68.2 Å². The Morgan fingerprint density at radius 1 is 0.458 bits per heavy atom. The van der Waals surface area contributed by atoms with E-state index in [4.69, 9.17) is 16.2 Å². The molecule has 15 rings (SSSR count). The Morgan fingerprint density at radius 3 is 1.02 bits per heavy atom. The molecule has 6 aromatic carbocycles. The smallest absolute Gasteiger partial charge is 0.359 e. The van der Waals surface area contributed by atoms with E-state index >= 15 is 0 Å². The second-order valence-corrected chi connectivity index (χ2v) is 28.0. The molecule has 6 aliphatic rings. The number of methoxy groups -OCH3 is 1. The maximum Gasteiger partial charge on any atom is 0.359 e. The lowest BCUT2D eigenvalue weighted by Crippen LogP contribution is -2.37. The molecular formula is C79H85N15O13. The van der Waals surface area contributed by atoms with Crippen LogP contribution in [0.3, 0.4) is 0 Å². The number of amides is 5. The van der Waals surface area contributed by atoms with Crippen molar-refractivity contribution in [1.82, 2.24) is 64.9 Å². The van der Waals surface area contributed by atoms with Gasteiger partial charge in [0.1, 0.15) is 0 Å². The zero-order valence-electron chi connectivity index (χ0n) is 59.9. The fourth-order valence-corrected chi connectivity index (χ4v) is 14.2. The number of ether oxygens (including phenoxy) is 1. The van der Waals surface area contributed by atoms with Crippen molar-refractivity contribution in [3.8, 4) is 52.6 Å². The number of likely N-dealkylation sites (tertiary alicyclic amines) is 6. The Morgan fingerprint density at radius 2 is 0.757 bits per heavy atom. The minimum atomic E-state index is -1.68. The lowest BCUT2D eigenvalue weighted by Gasteiger charge is -2.15. The number of nitrogens with zero attached hydrogens (tertiary/aromatic N) is 12. The molecule has 0 aliphatic carbocycles. The van der Waals surface area contributed by atoms with E-state index in [0.717, 1.165) is 72.1 Å². The Labute approximate surface area is 616 Å². The summed E-state index contributed by atoms with van der Waals surface area (Å²) in [7, 11) is 6.25. The predicted molar refractivity (Wildman–Crippen MR) is 397 cm³/mol. The van der Waals surface area contributed by atoms with Crippen molar-refractivity contribution in [2.45, 2.75) is 93.3 Å². The fourth-order valence-electron chi connectivity index (χ4n) is 14.2. The largest absolute Gasteiger partial charge is 0.464 e. The van der Waals surface area contributed by atoms with Gasteiger partial charge in [0.2, 0.25) is 16.8 Å². The summed E-state index contributed by atoms with van der Waals surface area (Å²) in [6, 6.07) is 39.2. The molecule has 6 saturated heterocycles. The average Bonchev–Trinajstić information content (AvgIpc) is 1.63. The molecule has 0 bridgehead atoms. The Balaban J connectivity index is 0.000000149. The molecule has 0 radical (unpaired) electrons. The summed E-state index contributed by atoms with van der Waals surface area (Å²) in [5.41, 5.74) is 15.9. The number of primary amides is 2. The standard InChI is InChI=1S/C27H28N4O5.2C26H27N5O4.H3N/c1-29-13-11-27(35,26(29)34)10-8-18-4-3-5-20(14-18)31-23-7-6-19(16-30-12-9-21(32)17-30)15-22(23)24(28-31)25(33)36-2;2*1-29-12-10-26(35,25(29)34)9-7-17-3-2-4-19(13-17)31-22-6-5-18(15-30-11-8-20(32)16-30)14-21(22)23(28-31)24(27)33;/h3-7,14-15,21,32,35H,9,11-13,16-17H2,1-2H3;2*2-6,13-14,20,32,35H,8,10-12,15-16H2,1H3,(H2,27,33);1H3/t21?,27-;20-,26+;20-,26-;/m010./s1. The number of carbonyl (C=O) groups is 6. The highest BCUT2D eigenvalue weighted by Gasteiger charge is 2.44. The van der Waals surface area contributed by atoms with Crippen LogP contribution in [-0.2, 0) is 38.8 Å². The Bertz CT molecular complexity index is 4980. The first kappa shape index (κ1) is 75.5. The Hall–Kier alpha value is -11.2. The summed E-state index contributed by atoms with van der Waals surface area (Å²) in [5.74, 6) is 14.0. The normalized spacial score (nSPS) is 22.2. The van der Waals surface area contributed by atoms with Crippen LogP contribution < -0.4 is 17.6 Å². The fraction of sp³-hybridized carbons (Fsp3) is 0.354. The highest BCUT2D eigenvalue weighted by molar-refractivity contribution is 6.06. The van der Waals surface area contributed by atoms with Gasteiger partial charge in [-0.2, -0.15) is 15.3 Å². The van der Waals surface area contributed by atoms with E-state index in [2.05, 4.69) is 65.5 Å². The second kappa shape index (κ2) is 31.1. The summed E-state index contributed by atoms with van der Waals surface area (Å²) in [6.07, 6.45) is 2.17. The molecule has 13 N–H and O–H groups in total. The molecule has 0 saturated carbocycles. The summed E-state index contributed by atoms with van der Waals surface area (Å²) in [6.45, 7) is 7.74. The first-order valence-electron chi connectivity index (χ1n) is 35.0. The number of esters is 1. The minimum Gasteiger partial charge on any atom is -0.464 e. The molecule has 9 aromatic rings. The molecule has 554 valence electrons. The highest BCUT2D eigenvalue weighted by Crippen LogP contribution is 2.32. The summed E-state index contributed by atoms with van der Waals surface area (Å²) in [4.78, 5) is 84.5. The zero-order chi connectivity index (χ0) is 74.9. The van der Waals surface area contributed by atoms with E-state index in [1.165, 1.54) is 21.8 Å². The van der Waals surface area contributed by atoms with Crippen molar-refractivity contribution in [2.24, 2.45) is 11.5 Å². The predicted octanol–water partition coefficient (Wildman–Crippen LogP) is 2.76. The van der Waals surface area contributed by atoms with Crippen LogP contribution in [0.1, 0.15) is 103 Å². The van der Waals surface area contributed by atoms with Gasteiger partial charge in [-0.1, -0.05) is 71.9 Å². The maximum atomic E-state index is 12.6. The molecule has 28 nitrogen and oxygen atoms in total. The van der Waals surface area contributed by atoms with Crippen LogP contribution in [0.4, 0.5) is 0 Å². The van der Waals surface area contributed by atoms with E-state index in [9.17, 15) is 59.4 Å². The quantitative estimate of drug-likeness (QED) is 0.0627.